The lowest BCUT2D eigenvalue weighted by atomic mass is 9.57. The Kier molecular flexibility index (Phi) is 7.08. The van der Waals surface area contributed by atoms with E-state index in [0.29, 0.717) is 18.4 Å². The smallest absolute Gasteiger partial charge is 0.407 e. The van der Waals surface area contributed by atoms with Crippen molar-refractivity contribution < 1.29 is 23.5 Å². The fraction of sp³-hybridized carbons (Fsp3) is 0.483. The van der Waals surface area contributed by atoms with E-state index < -0.39 is 0 Å². The molecule has 0 spiro atoms. The molecule has 6 nitrogen and oxygen atoms in total. The molecule has 2 unspecified atom stereocenters. The summed E-state index contributed by atoms with van der Waals surface area (Å²) in [5, 5.41) is 3.00. The van der Waals surface area contributed by atoms with Gasteiger partial charge >= 0.3 is 12.1 Å². The number of esters is 1. The number of nitrogens with one attached hydrogen (secondary N) is 1. The fourth-order valence-corrected chi connectivity index (χ4v) is 6.64. The summed E-state index contributed by atoms with van der Waals surface area (Å²) in [5.74, 6) is 0.629. The Morgan fingerprint density at radius 2 is 2.08 bits per heavy atom. The van der Waals surface area contributed by atoms with Crippen molar-refractivity contribution in [3.05, 3.63) is 60.2 Å². The van der Waals surface area contributed by atoms with Crippen LogP contribution in [0.3, 0.4) is 0 Å². The average molecular weight is 493 g/mol. The van der Waals surface area contributed by atoms with Gasteiger partial charge in [-0.15, -0.1) is 0 Å². The van der Waals surface area contributed by atoms with Crippen LogP contribution in [0, 0.1) is 35.4 Å². The second-order valence-electron chi connectivity index (χ2n) is 10.3. The number of rotatable bonds is 5. The predicted molar refractivity (Wildman–Crippen MR) is 134 cm³/mol. The number of aromatic nitrogens is 1. The minimum Gasteiger partial charge on any atom is -0.462 e. The zero-order chi connectivity index (χ0) is 25.2. The van der Waals surface area contributed by atoms with Gasteiger partial charge in [-0.25, -0.2) is 9.18 Å². The number of ether oxygens (including phenoxy) is 2. The Morgan fingerprint density at radius 3 is 2.83 bits per heavy atom. The second-order valence-corrected chi connectivity index (χ2v) is 10.3. The molecule has 1 aliphatic heterocycles. The SMILES string of the molecule is CCOC(=O)N[C@@H]1CC[C@@H]2[C@@H](C1)C[C@H]1C(=O)OC(C)C1[C@H]2/C=C/c1ccc(-c2cccc(F)c2)cn1. The molecule has 2 heterocycles. The van der Waals surface area contributed by atoms with Crippen LogP contribution in [0.25, 0.3) is 17.2 Å². The summed E-state index contributed by atoms with van der Waals surface area (Å²) in [4.78, 5) is 29.2. The van der Waals surface area contributed by atoms with Gasteiger partial charge in [0.1, 0.15) is 11.9 Å². The van der Waals surface area contributed by atoms with E-state index in [4.69, 9.17) is 9.47 Å². The molecule has 1 amide bonds. The summed E-state index contributed by atoms with van der Waals surface area (Å²) >= 11 is 0. The Hall–Kier alpha value is -3.22. The average Bonchev–Trinajstić information content (AvgIpc) is 3.15. The van der Waals surface area contributed by atoms with Crippen molar-refractivity contribution in [3.63, 3.8) is 0 Å². The molecule has 0 radical (unpaired) electrons. The second kappa shape index (κ2) is 10.4. The number of allylic oxidation sites excluding steroid dienone is 1. The van der Waals surface area contributed by atoms with Gasteiger partial charge in [0.2, 0.25) is 0 Å². The van der Waals surface area contributed by atoms with Crippen molar-refractivity contribution in [3.8, 4) is 11.1 Å². The minimum atomic E-state index is -0.368. The fourth-order valence-electron chi connectivity index (χ4n) is 6.64. The Labute approximate surface area is 211 Å². The Balaban J connectivity index is 1.34. The van der Waals surface area contributed by atoms with Crippen molar-refractivity contribution in [2.75, 3.05) is 6.61 Å². The molecule has 190 valence electrons. The van der Waals surface area contributed by atoms with E-state index in [9.17, 15) is 14.0 Å². The van der Waals surface area contributed by atoms with Crippen LogP contribution < -0.4 is 5.32 Å². The number of benzene rings is 1. The first kappa shape index (κ1) is 24.5. The van der Waals surface area contributed by atoms with E-state index in [2.05, 4.69) is 16.4 Å². The normalized spacial score (nSPS) is 31.4. The van der Waals surface area contributed by atoms with Gasteiger partial charge in [-0.05, 0) is 87.1 Å². The molecule has 1 saturated heterocycles. The minimum absolute atomic E-state index is 0.0679. The van der Waals surface area contributed by atoms with Gasteiger partial charge in [0.15, 0.2) is 0 Å². The number of hydrogen-bond acceptors (Lipinski definition) is 5. The maximum Gasteiger partial charge on any atom is 0.407 e. The number of carbonyl (C=O) groups excluding carboxylic acids is 2. The van der Waals surface area contributed by atoms with Crippen molar-refractivity contribution in [1.29, 1.82) is 0 Å². The summed E-state index contributed by atoms with van der Waals surface area (Å²) in [6, 6.07) is 10.4. The monoisotopic (exact) mass is 492 g/mol. The number of amides is 1. The van der Waals surface area contributed by atoms with Crippen LogP contribution in [0.4, 0.5) is 9.18 Å². The molecular weight excluding hydrogens is 459 g/mol. The van der Waals surface area contributed by atoms with E-state index in [0.717, 1.165) is 42.5 Å². The van der Waals surface area contributed by atoms with E-state index in [-0.39, 0.29) is 47.8 Å². The van der Waals surface area contributed by atoms with Crippen molar-refractivity contribution in [2.45, 2.75) is 51.7 Å². The zero-order valence-electron chi connectivity index (χ0n) is 20.7. The van der Waals surface area contributed by atoms with Gasteiger partial charge in [-0.3, -0.25) is 9.78 Å². The molecule has 2 saturated carbocycles. The van der Waals surface area contributed by atoms with Crippen molar-refractivity contribution in [1.82, 2.24) is 10.3 Å². The van der Waals surface area contributed by atoms with E-state index in [1.807, 2.05) is 31.2 Å². The summed E-state index contributed by atoms with van der Waals surface area (Å²) in [6.45, 7) is 4.15. The predicted octanol–water partition coefficient (Wildman–Crippen LogP) is 5.63. The maximum atomic E-state index is 13.6. The Morgan fingerprint density at radius 1 is 1.22 bits per heavy atom. The number of hydrogen-bond donors (Lipinski definition) is 1. The number of alkyl carbamates (subject to hydrolysis) is 1. The largest absolute Gasteiger partial charge is 0.462 e. The molecule has 2 aromatic rings. The highest BCUT2D eigenvalue weighted by molar-refractivity contribution is 5.75. The maximum absolute atomic E-state index is 13.6. The number of fused-ring (bicyclic) bond motifs is 2. The third-order valence-corrected chi connectivity index (χ3v) is 8.18. The van der Waals surface area contributed by atoms with E-state index in [1.54, 1.807) is 19.2 Å². The van der Waals surface area contributed by atoms with Crippen LogP contribution in [-0.2, 0) is 14.3 Å². The number of cyclic esters (lactones) is 1. The third-order valence-electron chi connectivity index (χ3n) is 8.18. The summed E-state index contributed by atoms with van der Waals surface area (Å²) in [5.41, 5.74) is 2.48. The molecule has 7 atom stereocenters. The lowest BCUT2D eigenvalue weighted by Gasteiger charge is -2.47. The van der Waals surface area contributed by atoms with Crippen LogP contribution >= 0.6 is 0 Å². The standard InChI is InChI=1S/C29H33FN2O4/c1-3-35-29(34)32-23-10-11-24-20(14-23)15-26-27(17(2)36-28(26)33)25(24)12-9-22-8-7-19(16-31-22)18-5-4-6-21(30)13-18/h4-9,12-13,16-17,20,23-27H,3,10-11,14-15H2,1-2H3,(H,32,34)/b12-9+/t17?,20-,23+,24+,25-,26+,27?/m0/s1. The van der Waals surface area contributed by atoms with Gasteiger partial charge in [0.05, 0.1) is 18.2 Å². The molecule has 7 heteroatoms. The highest BCUT2D eigenvalue weighted by Gasteiger charge is 2.54. The molecule has 36 heavy (non-hydrogen) atoms. The number of carbonyl (C=O) groups is 2. The third kappa shape index (κ3) is 5.01. The lowest BCUT2D eigenvalue weighted by Crippen LogP contribution is -2.48. The highest BCUT2D eigenvalue weighted by atomic mass is 19.1. The molecule has 5 rings (SSSR count). The lowest BCUT2D eigenvalue weighted by molar-refractivity contribution is -0.144. The van der Waals surface area contributed by atoms with Crippen LogP contribution in [0.2, 0.25) is 0 Å². The first-order valence-corrected chi connectivity index (χ1v) is 13.0. The Bertz CT molecular complexity index is 1130. The molecule has 1 N–H and O–H groups in total. The molecule has 3 fully saturated rings. The van der Waals surface area contributed by atoms with E-state index >= 15 is 0 Å². The zero-order valence-corrected chi connectivity index (χ0v) is 20.7. The van der Waals surface area contributed by atoms with Crippen LogP contribution in [0.15, 0.2) is 48.7 Å². The molecule has 0 bridgehead atoms. The highest BCUT2D eigenvalue weighted by Crippen LogP contribution is 2.53. The quantitative estimate of drug-likeness (QED) is 0.548. The van der Waals surface area contributed by atoms with Crippen LogP contribution in [0.1, 0.15) is 45.2 Å². The molecule has 1 aromatic heterocycles. The van der Waals surface area contributed by atoms with Gasteiger partial charge in [-0.1, -0.05) is 24.3 Å². The first-order valence-electron chi connectivity index (χ1n) is 13.0. The van der Waals surface area contributed by atoms with E-state index in [1.165, 1.54) is 12.1 Å². The van der Waals surface area contributed by atoms with Crippen molar-refractivity contribution in [2.24, 2.45) is 29.6 Å². The van der Waals surface area contributed by atoms with Crippen LogP contribution in [-0.4, -0.2) is 35.8 Å². The van der Waals surface area contributed by atoms with Gasteiger partial charge < -0.3 is 14.8 Å². The summed E-state index contributed by atoms with van der Waals surface area (Å²) < 4.78 is 24.3. The summed E-state index contributed by atoms with van der Waals surface area (Å²) in [6.07, 6.45) is 9.07. The number of halogens is 1. The molecular formula is C29H33FN2O4. The number of nitrogens with zero attached hydrogens (tertiary/aromatic N) is 1. The van der Waals surface area contributed by atoms with Crippen molar-refractivity contribution >= 4 is 18.1 Å². The molecule has 1 aromatic carbocycles. The van der Waals surface area contributed by atoms with Crippen LogP contribution in [0.5, 0.6) is 0 Å². The van der Waals surface area contributed by atoms with Gasteiger partial charge in [0, 0.05) is 23.7 Å². The molecule has 2 aliphatic carbocycles. The topological polar surface area (TPSA) is 77.5 Å². The van der Waals surface area contributed by atoms with Gasteiger partial charge in [-0.2, -0.15) is 0 Å². The number of pyridine rings is 1. The first-order chi connectivity index (χ1) is 17.4. The summed E-state index contributed by atoms with van der Waals surface area (Å²) in [7, 11) is 0. The van der Waals surface area contributed by atoms with Gasteiger partial charge in [0.25, 0.3) is 0 Å². The molecule has 3 aliphatic rings.